The minimum atomic E-state index is -0.447. The number of aromatic nitrogens is 2. The lowest BCUT2D eigenvalue weighted by atomic mass is 10.6. The largest absolute Gasteiger partial charge is 0.381 e. The molecule has 0 radical (unpaired) electrons. The van der Waals surface area contributed by atoms with Gasteiger partial charge in [0.05, 0.1) is 0 Å². The molecule has 13 heavy (non-hydrogen) atoms. The van der Waals surface area contributed by atoms with Gasteiger partial charge in [-0.25, -0.2) is 19.1 Å². The Labute approximate surface area is 73.3 Å². The first-order valence-electron chi connectivity index (χ1n) is 3.33. The first-order valence-corrected chi connectivity index (χ1v) is 3.33. The smallest absolute Gasteiger partial charge is 0.328 e. The van der Waals surface area contributed by atoms with Crippen LogP contribution in [-0.4, -0.2) is 28.7 Å². The molecule has 0 aromatic carbocycles. The summed E-state index contributed by atoms with van der Waals surface area (Å²) in [4.78, 5) is 27.7. The molecule has 0 bridgehead atoms. The topological polar surface area (TPSA) is 102 Å². The number of hydrogen-bond acceptors (Lipinski definition) is 5. The lowest BCUT2D eigenvalue weighted by molar-refractivity contribution is 0.244. The fourth-order valence-corrected chi connectivity index (χ4v) is 0.760. The van der Waals surface area contributed by atoms with Crippen LogP contribution in [-0.2, 0) is 4.79 Å². The van der Waals surface area contributed by atoms with E-state index >= 15 is 0 Å². The molecule has 0 atom stereocenters. The molecule has 0 unspecified atom stereocenters. The number of amides is 1. The van der Waals surface area contributed by atoms with E-state index in [1.165, 1.54) is 19.5 Å². The van der Waals surface area contributed by atoms with Gasteiger partial charge in [0.15, 0.2) is 5.82 Å². The van der Waals surface area contributed by atoms with Gasteiger partial charge in [0.1, 0.15) is 6.33 Å². The average Bonchev–Trinajstić information content (AvgIpc) is 2.48. The van der Waals surface area contributed by atoms with Gasteiger partial charge < -0.3 is 11.1 Å². The molecule has 0 aliphatic rings. The van der Waals surface area contributed by atoms with Crippen LogP contribution < -0.4 is 11.1 Å². The van der Waals surface area contributed by atoms with Crippen molar-refractivity contribution in [2.45, 2.75) is 0 Å². The summed E-state index contributed by atoms with van der Waals surface area (Å²) in [6.45, 7) is 0. The van der Waals surface area contributed by atoms with Crippen LogP contribution in [0.3, 0.4) is 0 Å². The quantitative estimate of drug-likeness (QED) is 0.455. The molecule has 1 rings (SSSR count). The van der Waals surface area contributed by atoms with E-state index in [2.05, 4.69) is 15.3 Å². The van der Waals surface area contributed by atoms with Gasteiger partial charge in [0.2, 0.25) is 11.9 Å². The molecule has 7 heteroatoms. The van der Waals surface area contributed by atoms with Crippen molar-refractivity contribution >= 4 is 23.7 Å². The maximum absolute atomic E-state index is 11.0. The van der Waals surface area contributed by atoms with Gasteiger partial charge in [-0.15, -0.1) is 4.99 Å². The van der Waals surface area contributed by atoms with Gasteiger partial charge >= 0.3 is 6.03 Å². The molecule has 7 nitrogen and oxygen atoms in total. The molecule has 0 saturated carbocycles. The van der Waals surface area contributed by atoms with E-state index < -0.39 is 6.03 Å². The van der Waals surface area contributed by atoms with Crippen molar-refractivity contribution in [2.24, 2.45) is 4.99 Å². The van der Waals surface area contributed by atoms with Crippen LogP contribution in [0.15, 0.2) is 11.3 Å². The first-order chi connectivity index (χ1) is 6.20. The monoisotopic (exact) mass is 181 g/mol. The van der Waals surface area contributed by atoms with Gasteiger partial charge in [-0.05, 0) is 0 Å². The van der Waals surface area contributed by atoms with Crippen molar-refractivity contribution in [1.29, 1.82) is 0 Å². The molecule has 68 valence electrons. The Morgan fingerprint density at radius 1 is 1.85 bits per heavy atom. The van der Waals surface area contributed by atoms with Crippen molar-refractivity contribution in [3.8, 4) is 0 Å². The number of imidazole rings is 1. The van der Waals surface area contributed by atoms with E-state index in [0.717, 1.165) is 4.57 Å². The second kappa shape index (κ2) is 3.51. The zero-order chi connectivity index (χ0) is 9.84. The summed E-state index contributed by atoms with van der Waals surface area (Å²) in [6.07, 6.45) is 2.45. The number of nitrogen functional groups attached to an aromatic ring is 1. The molecule has 0 aliphatic heterocycles. The molecular weight excluding hydrogens is 174 g/mol. The van der Waals surface area contributed by atoms with Crippen LogP contribution in [0, 0.1) is 0 Å². The summed E-state index contributed by atoms with van der Waals surface area (Å²) in [5.74, 6) is -0.0127. The third-order valence-electron chi connectivity index (χ3n) is 1.37. The van der Waals surface area contributed by atoms with Gasteiger partial charge in [0, 0.05) is 7.05 Å². The maximum Gasteiger partial charge on any atom is 0.328 e. The Hall–Kier alpha value is -2.14. The van der Waals surface area contributed by atoms with E-state index in [0.29, 0.717) is 0 Å². The number of carbonyl (C=O) groups is 1. The Bertz CT molecular complexity index is 376. The predicted octanol–water partition coefficient (Wildman–Crippen LogP) is -0.380. The van der Waals surface area contributed by atoms with Crippen molar-refractivity contribution in [3.63, 3.8) is 0 Å². The minimum Gasteiger partial charge on any atom is -0.381 e. The highest BCUT2D eigenvalue weighted by molar-refractivity contribution is 5.82. The van der Waals surface area contributed by atoms with Gasteiger partial charge in [-0.3, -0.25) is 0 Å². The zero-order valence-corrected chi connectivity index (χ0v) is 6.81. The average molecular weight is 181 g/mol. The fourth-order valence-electron chi connectivity index (χ4n) is 0.760. The molecule has 0 fully saturated rings. The summed E-state index contributed by atoms with van der Waals surface area (Å²) in [5, 5.41) is 2.34. The molecule has 0 spiro atoms. The molecule has 1 amide bonds. The van der Waals surface area contributed by atoms with E-state index in [1.54, 1.807) is 0 Å². The van der Waals surface area contributed by atoms with Gasteiger partial charge in [0.25, 0.3) is 0 Å². The lowest BCUT2D eigenvalue weighted by Gasteiger charge is -2.00. The van der Waals surface area contributed by atoms with E-state index in [4.69, 9.17) is 5.73 Å². The molecule has 0 aliphatic carbocycles. The van der Waals surface area contributed by atoms with Crippen LogP contribution in [0.2, 0.25) is 0 Å². The Morgan fingerprint density at radius 3 is 3.08 bits per heavy atom. The molecule has 1 aromatic rings. The number of nitrogens with one attached hydrogen (secondary N) is 1. The normalized spacial score (nSPS) is 9.00. The number of hydrogen-bond donors (Lipinski definition) is 2. The van der Waals surface area contributed by atoms with Gasteiger partial charge in [-0.1, -0.05) is 0 Å². The molecular formula is C6H7N5O2. The van der Waals surface area contributed by atoms with Crippen molar-refractivity contribution < 1.29 is 9.59 Å². The molecule has 0 saturated heterocycles. The standard InChI is InChI=1S/C6H7N5O2/c1-8-6(13)11-2-9-5(4(11)7)10-3-12/h2H,7H2,1H3,(H,8,13). The summed E-state index contributed by atoms with van der Waals surface area (Å²) in [7, 11) is 1.45. The summed E-state index contributed by atoms with van der Waals surface area (Å²) in [5.41, 5.74) is 5.43. The number of nitrogens with zero attached hydrogens (tertiary/aromatic N) is 3. The fraction of sp³-hybridized carbons (Fsp3) is 0.167. The Kier molecular flexibility index (Phi) is 2.41. The minimum absolute atomic E-state index is 0.00250. The van der Waals surface area contributed by atoms with Crippen molar-refractivity contribution in [1.82, 2.24) is 14.9 Å². The predicted molar refractivity (Wildman–Crippen MR) is 44.3 cm³/mol. The highest BCUT2D eigenvalue weighted by Crippen LogP contribution is 2.17. The third kappa shape index (κ3) is 1.54. The lowest BCUT2D eigenvalue weighted by Crippen LogP contribution is -2.24. The molecule has 1 aromatic heterocycles. The molecule has 3 N–H and O–H groups in total. The Balaban J connectivity index is 3.13. The van der Waals surface area contributed by atoms with Crippen molar-refractivity contribution in [2.75, 3.05) is 12.8 Å². The summed E-state index contributed by atoms with van der Waals surface area (Å²) < 4.78 is 1.04. The second-order valence-corrected chi connectivity index (χ2v) is 2.08. The summed E-state index contributed by atoms with van der Waals surface area (Å²) >= 11 is 0. The second-order valence-electron chi connectivity index (χ2n) is 2.08. The molecule has 1 heterocycles. The van der Waals surface area contributed by atoms with Crippen LogP contribution in [0.4, 0.5) is 16.4 Å². The number of isocyanates is 1. The number of carbonyl (C=O) groups excluding carboxylic acids is 2. The zero-order valence-electron chi connectivity index (χ0n) is 6.81. The van der Waals surface area contributed by atoms with Gasteiger partial charge in [-0.2, -0.15) is 0 Å². The van der Waals surface area contributed by atoms with Crippen molar-refractivity contribution in [3.05, 3.63) is 6.33 Å². The van der Waals surface area contributed by atoms with Crippen LogP contribution in [0.25, 0.3) is 0 Å². The maximum atomic E-state index is 11.0. The first kappa shape index (κ1) is 8.95. The van der Waals surface area contributed by atoms with E-state index in [-0.39, 0.29) is 11.6 Å². The van der Waals surface area contributed by atoms with Crippen LogP contribution in [0.5, 0.6) is 0 Å². The van der Waals surface area contributed by atoms with E-state index in [1.807, 2.05) is 0 Å². The SMILES string of the molecule is CNC(=O)n1cnc(N=C=O)c1N. The highest BCUT2D eigenvalue weighted by Gasteiger charge is 2.10. The number of rotatable bonds is 1. The number of anilines is 1. The number of aliphatic imine (C=N–C) groups is 1. The highest BCUT2D eigenvalue weighted by atomic mass is 16.2. The summed E-state index contributed by atoms with van der Waals surface area (Å²) in [6, 6.07) is -0.447. The number of nitrogens with two attached hydrogens (primary N) is 1. The Morgan fingerprint density at radius 2 is 2.54 bits per heavy atom. The van der Waals surface area contributed by atoms with Crippen LogP contribution in [0.1, 0.15) is 0 Å². The van der Waals surface area contributed by atoms with Crippen LogP contribution >= 0.6 is 0 Å². The van der Waals surface area contributed by atoms with E-state index in [9.17, 15) is 9.59 Å². The third-order valence-corrected chi connectivity index (χ3v) is 1.37.